The number of H-pyrrole nitrogens is 1. The molecule has 0 amide bonds. The quantitative estimate of drug-likeness (QED) is 0.778. The molecule has 2 N–H and O–H groups in total. The third-order valence-corrected chi connectivity index (χ3v) is 4.25. The number of ether oxygens (including phenoxy) is 1. The molecule has 118 valence electrons. The average Bonchev–Trinajstić information content (AvgIpc) is 3.17. The van der Waals surface area contributed by atoms with Crippen molar-refractivity contribution in [3.63, 3.8) is 0 Å². The maximum Gasteiger partial charge on any atom is 0.326 e. The second kappa shape index (κ2) is 5.93. The van der Waals surface area contributed by atoms with Crippen LogP contribution in [-0.2, 0) is 11.3 Å². The minimum Gasteiger partial charge on any atom is -0.376 e. The summed E-state index contributed by atoms with van der Waals surface area (Å²) in [5, 5.41) is 3.34. The molecule has 2 heterocycles. The van der Waals surface area contributed by atoms with Gasteiger partial charge in [0.1, 0.15) is 0 Å². The lowest BCUT2D eigenvalue weighted by Gasteiger charge is -2.10. The fourth-order valence-electron chi connectivity index (χ4n) is 3.10. The minimum absolute atomic E-state index is 0.0765. The molecule has 1 aliphatic rings. The first-order chi connectivity index (χ1) is 11.3. The molecule has 1 fully saturated rings. The second-order valence-electron chi connectivity index (χ2n) is 5.90. The van der Waals surface area contributed by atoms with Crippen LogP contribution in [0.4, 0.5) is 11.4 Å². The standard InChI is InChI=1S/C18H19N3O2/c22-18-20-16-11-14(19-13-5-2-1-3-6-13)8-9-17(16)21(18)12-15-7-4-10-23-15/h1-3,5-6,8-9,11,15,19H,4,7,10,12H2,(H,20,22). The maximum absolute atomic E-state index is 12.2. The highest BCUT2D eigenvalue weighted by Gasteiger charge is 2.18. The van der Waals surface area contributed by atoms with Crippen LogP contribution in [0.1, 0.15) is 12.8 Å². The van der Waals surface area contributed by atoms with Gasteiger partial charge in [-0.05, 0) is 43.2 Å². The molecule has 1 aromatic heterocycles. The smallest absolute Gasteiger partial charge is 0.326 e. The summed E-state index contributed by atoms with van der Waals surface area (Å²) in [7, 11) is 0. The number of hydrogen-bond donors (Lipinski definition) is 2. The molecule has 1 aliphatic heterocycles. The van der Waals surface area contributed by atoms with E-state index in [1.54, 1.807) is 4.57 Å². The molecular weight excluding hydrogens is 290 g/mol. The van der Waals surface area contributed by atoms with Crippen LogP contribution in [0.25, 0.3) is 11.0 Å². The average molecular weight is 309 g/mol. The largest absolute Gasteiger partial charge is 0.376 e. The molecule has 5 nitrogen and oxygen atoms in total. The van der Waals surface area contributed by atoms with E-state index in [2.05, 4.69) is 10.3 Å². The number of nitrogens with one attached hydrogen (secondary N) is 2. The van der Waals surface area contributed by atoms with Crippen molar-refractivity contribution < 1.29 is 4.74 Å². The van der Waals surface area contributed by atoms with Gasteiger partial charge in [-0.1, -0.05) is 18.2 Å². The lowest BCUT2D eigenvalue weighted by Crippen LogP contribution is -2.24. The molecule has 23 heavy (non-hydrogen) atoms. The first-order valence-corrected chi connectivity index (χ1v) is 7.96. The Morgan fingerprint density at radius 2 is 2.04 bits per heavy atom. The number of rotatable bonds is 4. The van der Waals surface area contributed by atoms with E-state index in [9.17, 15) is 4.79 Å². The van der Waals surface area contributed by atoms with Crippen LogP contribution >= 0.6 is 0 Å². The molecule has 4 rings (SSSR count). The van der Waals surface area contributed by atoms with Crippen molar-refractivity contribution in [3.8, 4) is 0 Å². The summed E-state index contributed by atoms with van der Waals surface area (Å²) in [4.78, 5) is 15.2. The van der Waals surface area contributed by atoms with Gasteiger partial charge in [-0.25, -0.2) is 4.79 Å². The lowest BCUT2D eigenvalue weighted by atomic mass is 10.2. The van der Waals surface area contributed by atoms with Crippen LogP contribution < -0.4 is 11.0 Å². The number of hydrogen-bond acceptors (Lipinski definition) is 3. The summed E-state index contributed by atoms with van der Waals surface area (Å²) in [5.74, 6) is 0. The van der Waals surface area contributed by atoms with E-state index in [-0.39, 0.29) is 11.8 Å². The van der Waals surface area contributed by atoms with Crippen molar-refractivity contribution in [1.29, 1.82) is 0 Å². The first-order valence-electron chi connectivity index (χ1n) is 7.96. The van der Waals surface area contributed by atoms with Gasteiger partial charge in [0, 0.05) is 18.0 Å². The highest BCUT2D eigenvalue weighted by molar-refractivity contribution is 5.80. The molecule has 0 saturated carbocycles. The molecule has 0 aliphatic carbocycles. The third kappa shape index (κ3) is 2.87. The first kappa shape index (κ1) is 14.1. The topological polar surface area (TPSA) is 59.0 Å². The predicted molar refractivity (Wildman–Crippen MR) is 91.3 cm³/mol. The summed E-state index contributed by atoms with van der Waals surface area (Å²) in [6, 6.07) is 15.9. The van der Waals surface area contributed by atoms with E-state index in [0.29, 0.717) is 6.54 Å². The number of nitrogens with zero attached hydrogens (tertiary/aromatic N) is 1. The van der Waals surface area contributed by atoms with Gasteiger partial charge in [-0.3, -0.25) is 4.57 Å². The Bertz CT molecular complexity index is 861. The molecule has 0 bridgehead atoms. The number of benzene rings is 2. The number of imidazole rings is 1. The third-order valence-electron chi connectivity index (χ3n) is 4.25. The van der Waals surface area contributed by atoms with Crippen LogP contribution in [-0.4, -0.2) is 22.3 Å². The van der Waals surface area contributed by atoms with Crippen LogP contribution in [0.5, 0.6) is 0 Å². The van der Waals surface area contributed by atoms with Gasteiger partial charge in [0.25, 0.3) is 0 Å². The number of para-hydroxylation sites is 1. The van der Waals surface area contributed by atoms with Gasteiger partial charge in [-0.2, -0.15) is 0 Å². The molecule has 5 heteroatoms. The number of aromatic nitrogens is 2. The number of anilines is 2. The van der Waals surface area contributed by atoms with E-state index >= 15 is 0 Å². The minimum atomic E-state index is -0.0765. The van der Waals surface area contributed by atoms with Crippen LogP contribution in [0.3, 0.4) is 0 Å². The van der Waals surface area contributed by atoms with Gasteiger partial charge in [0.15, 0.2) is 0 Å². The predicted octanol–water partition coefficient (Wildman–Crippen LogP) is 3.25. The van der Waals surface area contributed by atoms with Crippen molar-refractivity contribution in [3.05, 3.63) is 59.0 Å². The highest BCUT2D eigenvalue weighted by Crippen LogP contribution is 2.22. The summed E-state index contributed by atoms with van der Waals surface area (Å²) < 4.78 is 7.42. The summed E-state index contributed by atoms with van der Waals surface area (Å²) in [6.45, 7) is 1.41. The maximum atomic E-state index is 12.2. The molecule has 1 atom stereocenters. The van der Waals surface area contributed by atoms with Crippen LogP contribution in [0, 0.1) is 0 Å². The Morgan fingerprint density at radius 1 is 1.17 bits per heavy atom. The van der Waals surface area contributed by atoms with E-state index < -0.39 is 0 Å². The molecular formula is C18H19N3O2. The van der Waals surface area contributed by atoms with Crippen molar-refractivity contribution in [1.82, 2.24) is 9.55 Å². The van der Waals surface area contributed by atoms with Gasteiger partial charge in [0.05, 0.1) is 23.7 Å². The Labute approximate surface area is 133 Å². The molecule has 1 unspecified atom stereocenters. The number of aromatic amines is 1. The molecule has 1 saturated heterocycles. The SMILES string of the molecule is O=c1[nH]c2cc(Nc3ccccc3)ccc2n1CC1CCCO1. The molecule has 0 radical (unpaired) electrons. The zero-order valence-electron chi connectivity index (χ0n) is 12.8. The van der Waals surface area contributed by atoms with E-state index in [0.717, 1.165) is 41.9 Å². The van der Waals surface area contributed by atoms with E-state index in [4.69, 9.17) is 4.74 Å². The van der Waals surface area contributed by atoms with Crippen molar-refractivity contribution in [2.75, 3.05) is 11.9 Å². The molecule has 3 aromatic rings. The Morgan fingerprint density at radius 3 is 2.83 bits per heavy atom. The van der Waals surface area contributed by atoms with Crippen molar-refractivity contribution in [2.45, 2.75) is 25.5 Å². The number of fused-ring (bicyclic) bond motifs is 1. The second-order valence-corrected chi connectivity index (χ2v) is 5.90. The fraction of sp³-hybridized carbons (Fsp3) is 0.278. The van der Waals surface area contributed by atoms with Gasteiger partial charge >= 0.3 is 5.69 Å². The monoisotopic (exact) mass is 309 g/mol. The Hall–Kier alpha value is -2.53. The van der Waals surface area contributed by atoms with E-state index in [1.165, 1.54) is 0 Å². The van der Waals surface area contributed by atoms with Crippen molar-refractivity contribution in [2.24, 2.45) is 0 Å². The normalized spacial score (nSPS) is 17.7. The summed E-state index contributed by atoms with van der Waals surface area (Å²) in [5.41, 5.74) is 3.66. The summed E-state index contributed by atoms with van der Waals surface area (Å²) >= 11 is 0. The highest BCUT2D eigenvalue weighted by atomic mass is 16.5. The molecule has 2 aromatic carbocycles. The van der Waals surface area contributed by atoms with Crippen LogP contribution in [0.15, 0.2) is 53.3 Å². The van der Waals surface area contributed by atoms with Gasteiger partial charge in [0.2, 0.25) is 0 Å². The summed E-state index contributed by atoms with van der Waals surface area (Å²) in [6.07, 6.45) is 2.24. The lowest BCUT2D eigenvalue weighted by molar-refractivity contribution is 0.0972. The Kier molecular flexibility index (Phi) is 3.63. The van der Waals surface area contributed by atoms with Crippen molar-refractivity contribution >= 4 is 22.4 Å². The van der Waals surface area contributed by atoms with Crippen LogP contribution in [0.2, 0.25) is 0 Å². The van der Waals surface area contributed by atoms with Gasteiger partial charge < -0.3 is 15.0 Å². The zero-order chi connectivity index (χ0) is 15.6. The Balaban J connectivity index is 1.63. The van der Waals surface area contributed by atoms with Gasteiger partial charge in [-0.15, -0.1) is 0 Å². The zero-order valence-corrected chi connectivity index (χ0v) is 12.8. The fourth-order valence-corrected chi connectivity index (χ4v) is 3.10. The molecule has 0 spiro atoms. The van der Waals surface area contributed by atoms with E-state index in [1.807, 2.05) is 48.5 Å².